The fraction of sp³-hybridized carbons (Fsp3) is 1.00. The summed E-state index contributed by atoms with van der Waals surface area (Å²) >= 11 is 2.09. The van der Waals surface area contributed by atoms with Gasteiger partial charge in [0.15, 0.2) is 0 Å². The van der Waals surface area contributed by atoms with Crippen LogP contribution in [0.3, 0.4) is 0 Å². The summed E-state index contributed by atoms with van der Waals surface area (Å²) in [6.45, 7) is 2.22. The zero-order chi connectivity index (χ0) is 12.3. The van der Waals surface area contributed by atoms with Crippen molar-refractivity contribution in [2.45, 2.75) is 64.0 Å². The van der Waals surface area contributed by atoms with E-state index in [2.05, 4.69) is 18.7 Å². The zero-order valence-corrected chi connectivity index (χ0v) is 11.8. The Morgan fingerprint density at radius 2 is 1.82 bits per heavy atom. The minimum absolute atomic E-state index is 0.0647. The van der Waals surface area contributed by atoms with Gasteiger partial charge >= 0.3 is 0 Å². The molecular weight excluding hydrogens is 230 g/mol. The molecule has 2 aliphatic rings. The minimum atomic E-state index is -0.0647. The molecule has 0 spiro atoms. The summed E-state index contributed by atoms with van der Waals surface area (Å²) in [4.78, 5) is 0. The molecule has 0 aromatic carbocycles. The van der Waals surface area contributed by atoms with E-state index in [1.165, 1.54) is 24.3 Å². The summed E-state index contributed by atoms with van der Waals surface area (Å²) < 4.78 is 0. The lowest BCUT2D eigenvalue weighted by molar-refractivity contribution is 0.00153. The monoisotopic (exact) mass is 257 g/mol. The van der Waals surface area contributed by atoms with Crippen LogP contribution in [0, 0.1) is 11.3 Å². The molecule has 0 unspecified atom stereocenters. The van der Waals surface area contributed by atoms with Crippen LogP contribution in [-0.2, 0) is 0 Å². The lowest BCUT2D eigenvalue weighted by Gasteiger charge is -2.50. The Morgan fingerprint density at radius 1 is 1.24 bits per heavy atom. The molecule has 3 heteroatoms. The van der Waals surface area contributed by atoms with Gasteiger partial charge in [-0.05, 0) is 67.8 Å². The van der Waals surface area contributed by atoms with E-state index in [0.29, 0.717) is 11.5 Å². The maximum Gasteiger partial charge on any atom is 0.0540 e. The molecule has 0 bridgehead atoms. The van der Waals surface area contributed by atoms with Crippen molar-refractivity contribution in [3.8, 4) is 0 Å². The van der Waals surface area contributed by atoms with Crippen molar-refractivity contribution in [2.75, 3.05) is 11.5 Å². The molecular formula is C14H27NOS. The first-order valence-electron chi connectivity index (χ1n) is 7.20. The van der Waals surface area contributed by atoms with Crippen LogP contribution in [0.2, 0.25) is 0 Å². The Bertz CT molecular complexity index is 232. The van der Waals surface area contributed by atoms with Crippen molar-refractivity contribution in [3.63, 3.8) is 0 Å². The number of aliphatic hydroxyl groups is 1. The molecule has 100 valence electrons. The molecule has 1 saturated heterocycles. The van der Waals surface area contributed by atoms with Gasteiger partial charge in [-0.25, -0.2) is 0 Å². The summed E-state index contributed by atoms with van der Waals surface area (Å²) in [5.41, 5.74) is 6.81. The number of hydrogen-bond donors (Lipinski definition) is 2. The smallest absolute Gasteiger partial charge is 0.0540 e. The summed E-state index contributed by atoms with van der Waals surface area (Å²) in [5.74, 6) is 3.43. The average Bonchev–Trinajstić information content (AvgIpc) is 2.40. The standard InChI is InChI=1S/C14H27NOS/c1-2-13(15)14(7-3-12(16)4-8-14)11-5-9-17-10-6-11/h11-13,16H,2-10,15H2,1H3/t12?,13-,14?/m1/s1. The van der Waals surface area contributed by atoms with Crippen LogP contribution in [0.15, 0.2) is 0 Å². The first-order chi connectivity index (χ1) is 8.19. The van der Waals surface area contributed by atoms with E-state index in [4.69, 9.17) is 5.73 Å². The number of rotatable bonds is 3. The van der Waals surface area contributed by atoms with Crippen molar-refractivity contribution in [1.82, 2.24) is 0 Å². The van der Waals surface area contributed by atoms with Gasteiger partial charge in [0.25, 0.3) is 0 Å². The average molecular weight is 257 g/mol. The first-order valence-corrected chi connectivity index (χ1v) is 8.36. The van der Waals surface area contributed by atoms with Crippen molar-refractivity contribution in [2.24, 2.45) is 17.1 Å². The highest BCUT2D eigenvalue weighted by Crippen LogP contribution is 2.50. The van der Waals surface area contributed by atoms with Crippen molar-refractivity contribution in [3.05, 3.63) is 0 Å². The van der Waals surface area contributed by atoms with Crippen LogP contribution in [-0.4, -0.2) is 28.8 Å². The quantitative estimate of drug-likeness (QED) is 0.817. The highest BCUT2D eigenvalue weighted by molar-refractivity contribution is 7.99. The molecule has 2 rings (SSSR count). The van der Waals surface area contributed by atoms with Crippen LogP contribution >= 0.6 is 11.8 Å². The first kappa shape index (κ1) is 13.7. The molecule has 1 atom stereocenters. The molecule has 0 aromatic heterocycles. The molecule has 0 amide bonds. The number of aliphatic hydroxyl groups excluding tert-OH is 1. The SMILES string of the molecule is CC[C@@H](N)C1(C2CCSCC2)CCC(O)CC1. The zero-order valence-electron chi connectivity index (χ0n) is 11.0. The van der Waals surface area contributed by atoms with Crippen molar-refractivity contribution < 1.29 is 5.11 Å². The van der Waals surface area contributed by atoms with Crippen LogP contribution in [0.4, 0.5) is 0 Å². The van der Waals surface area contributed by atoms with E-state index < -0.39 is 0 Å². The predicted octanol–water partition coefficient (Wildman–Crippen LogP) is 2.79. The number of thioether (sulfide) groups is 1. The van der Waals surface area contributed by atoms with Gasteiger partial charge in [0.2, 0.25) is 0 Å². The molecule has 2 nitrogen and oxygen atoms in total. The third-order valence-corrected chi connectivity index (χ3v) is 6.15. The van der Waals surface area contributed by atoms with E-state index in [1.807, 2.05) is 0 Å². The number of hydrogen-bond acceptors (Lipinski definition) is 3. The van der Waals surface area contributed by atoms with Crippen molar-refractivity contribution in [1.29, 1.82) is 0 Å². The van der Waals surface area contributed by atoms with Gasteiger partial charge in [0.1, 0.15) is 0 Å². The summed E-state index contributed by atoms with van der Waals surface area (Å²) in [6, 6.07) is 0.336. The lowest BCUT2D eigenvalue weighted by Crippen LogP contribution is -2.50. The minimum Gasteiger partial charge on any atom is -0.393 e. The summed E-state index contributed by atoms with van der Waals surface area (Å²) in [6.07, 6.45) is 7.94. The van der Waals surface area contributed by atoms with Crippen molar-refractivity contribution >= 4 is 11.8 Å². The largest absolute Gasteiger partial charge is 0.393 e. The maximum atomic E-state index is 9.75. The molecule has 3 N–H and O–H groups in total. The highest BCUT2D eigenvalue weighted by atomic mass is 32.2. The Morgan fingerprint density at radius 3 is 2.35 bits per heavy atom. The van der Waals surface area contributed by atoms with E-state index in [9.17, 15) is 5.11 Å². The molecule has 1 aliphatic carbocycles. The molecule has 1 heterocycles. The van der Waals surface area contributed by atoms with Crippen LogP contribution in [0.5, 0.6) is 0 Å². The highest BCUT2D eigenvalue weighted by Gasteiger charge is 2.45. The van der Waals surface area contributed by atoms with Gasteiger partial charge in [-0.2, -0.15) is 11.8 Å². The second kappa shape index (κ2) is 5.94. The Labute approximate surface area is 110 Å². The van der Waals surface area contributed by atoms with E-state index >= 15 is 0 Å². The van der Waals surface area contributed by atoms with Gasteiger partial charge in [-0.15, -0.1) is 0 Å². The lowest BCUT2D eigenvalue weighted by atomic mass is 9.59. The Hall–Kier alpha value is 0.270. The normalized spacial score (nSPS) is 37.9. The second-order valence-corrected chi connectivity index (χ2v) is 7.09. The third kappa shape index (κ3) is 2.82. The summed E-state index contributed by atoms with van der Waals surface area (Å²) in [7, 11) is 0. The molecule has 17 heavy (non-hydrogen) atoms. The van der Waals surface area contributed by atoms with Gasteiger partial charge in [0.05, 0.1) is 6.10 Å². The van der Waals surface area contributed by atoms with Gasteiger partial charge in [0, 0.05) is 6.04 Å². The van der Waals surface area contributed by atoms with Crippen LogP contribution < -0.4 is 5.73 Å². The Balaban J connectivity index is 2.11. The molecule has 2 fully saturated rings. The van der Waals surface area contributed by atoms with E-state index in [0.717, 1.165) is 38.0 Å². The predicted molar refractivity (Wildman–Crippen MR) is 75.2 cm³/mol. The van der Waals surface area contributed by atoms with E-state index in [1.54, 1.807) is 0 Å². The summed E-state index contributed by atoms with van der Waals surface area (Å²) in [5, 5.41) is 9.75. The third-order valence-electron chi connectivity index (χ3n) is 5.10. The van der Waals surface area contributed by atoms with Crippen LogP contribution in [0.1, 0.15) is 51.9 Å². The fourth-order valence-electron chi connectivity index (χ4n) is 3.90. The Kier molecular flexibility index (Phi) is 4.79. The molecule has 1 aliphatic heterocycles. The van der Waals surface area contributed by atoms with E-state index in [-0.39, 0.29) is 6.10 Å². The molecule has 1 saturated carbocycles. The van der Waals surface area contributed by atoms with Crippen LogP contribution in [0.25, 0.3) is 0 Å². The maximum absolute atomic E-state index is 9.75. The topological polar surface area (TPSA) is 46.2 Å². The molecule has 0 aromatic rings. The molecule has 0 radical (unpaired) electrons. The second-order valence-electron chi connectivity index (χ2n) is 5.87. The van der Waals surface area contributed by atoms with Gasteiger partial charge in [-0.1, -0.05) is 6.92 Å². The van der Waals surface area contributed by atoms with Gasteiger partial charge in [-0.3, -0.25) is 0 Å². The fourth-order valence-corrected chi connectivity index (χ4v) is 5.01. The number of nitrogens with two attached hydrogens (primary N) is 1. The van der Waals surface area contributed by atoms with Gasteiger partial charge < -0.3 is 10.8 Å².